The number of amides is 1. The van der Waals surface area contributed by atoms with Crippen LogP contribution in [0.1, 0.15) is 6.92 Å². The van der Waals surface area contributed by atoms with Crippen LogP contribution in [0.25, 0.3) is 0 Å². The van der Waals surface area contributed by atoms with Crippen molar-refractivity contribution in [2.24, 2.45) is 0 Å². The molecule has 0 fully saturated rings. The van der Waals surface area contributed by atoms with Gasteiger partial charge in [0.1, 0.15) is 12.4 Å². The van der Waals surface area contributed by atoms with Crippen molar-refractivity contribution in [3.8, 4) is 5.75 Å². The Morgan fingerprint density at radius 1 is 0.647 bits per heavy atom. The van der Waals surface area contributed by atoms with E-state index in [1.807, 2.05) is 14.1 Å². The van der Waals surface area contributed by atoms with Crippen molar-refractivity contribution in [3.63, 3.8) is 0 Å². The number of carbonyl (C=O) groups is 1. The van der Waals surface area contributed by atoms with E-state index in [1.165, 1.54) is 6.92 Å². The normalized spacial score (nSPS) is 11.2. The number of carbonyl (C=O) groups excluding carboxylic acids is 1. The summed E-state index contributed by atoms with van der Waals surface area (Å²) in [6.07, 6.45) is 0. The van der Waals surface area contributed by atoms with Crippen LogP contribution in [0, 0.1) is 0 Å². The number of ether oxygens (including phenoxy) is 7. The Bertz CT molecular complexity index is 601. The fourth-order valence-electron chi connectivity index (χ4n) is 2.50. The number of anilines is 1. The summed E-state index contributed by atoms with van der Waals surface area (Å²) in [5.74, 6) is 0.624. The first-order valence-electron chi connectivity index (χ1n) is 11.7. The molecule has 1 N–H and O–H groups in total. The minimum Gasteiger partial charge on any atom is -0.491 e. The molecule has 1 rings (SSSR count). The van der Waals surface area contributed by atoms with Crippen molar-refractivity contribution in [2.45, 2.75) is 6.92 Å². The summed E-state index contributed by atoms with van der Waals surface area (Å²) in [6.45, 7) is 9.37. The molecule has 0 aromatic heterocycles. The summed E-state index contributed by atoms with van der Waals surface area (Å²) in [6, 6.07) is 7.19. The third kappa shape index (κ3) is 19.7. The number of nitrogens with zero attached hydrogens (tertiary/aromatic N) is 1. The van der Waals surface area contributed by atoms with Crippen LogP contribution in [-0.2, 0) is 33.2 Å². The highest BCUT2D eigenvalue weighted by molar-refractivity contribution is 5.88. The molecule has 1 aromatic rings. The molecule has 0 aliphatic carbocycles. The zero-order chi connectivity index (χ0) is 24.7. The van der Waals surface area contributed by atoms with Gasteiger partial charge in [0.2, 0.25) is 5.91 Å². The van der Waals surface area contributed by atoms with Crippen LogP contribution >= 0.6 is 0 Å². The molecule has 0 heterocycles. The molecule has 0 aliphatic heterocycles. The molecule has 34 heavy (non-hydrogen) atoms. The fraction of sp³-hybridized carbons (Fsp3) is 0.708. The van der Waals surface area contributed by atoms with Crippen molar-refractivity contribution in [1.29, 1.82) is 0 Å². The largest absolute Gasteiger partial charge is 0.491 e. The lowest BCUT2D eigenvalue weighted by Crippen LogP contribution is -2.19. The first-order valence-corrected chi connectivity index (χ1v) is 11.7. The number of hydrogen-bond acceptors (Lipinski definition) is 9. The average Bonchev–Trinajstić information content (AvgIpc) is 2.80. The zero-order valence-electron chi connectivity index (χ0n) is 20.9. The molecule has 10 heteroatoms. The topological polar surface area (TPSA) is 97.0 Å². The number of hydrogen-bond donors (Lipinski definition) is 1. The molecule has 196 valence electrons. The molecule has 0 saturated heterocycles. The maximum Gasteiger partial charge on any atom is 0.221 e. The Morgan fingerprint density at radius 2 is 1.03 bits per heavy atom. The van der Waals surface area contributed by atoms with Crippen LogP contribution in [0.15, 0.2) is 24.3 Å². The quantitative estimate of drug-likeness (QED) is 0.232. The molecule has 10 nitrogen and oxygen atoms in total. The summed E-state index contributed by atoms with van der Waals surface area (Å²) in [4.78, 5) is 13.1. The van der Waals surface area contributed by atoms with Gasteiger partial charge in [-0.25, -0.2) is 0 Å². The molecular weight excluding hydrogens is 444 g/mol. The van der Waals surface area contributed by atoms with E-state index in [-0.39, 0.29) is 5.91 Å². The molecule has 1 amide bonds. The van der Waals surface area contributed by atoms with E-state index in [2.05, 4.69) is 10.2 Å². The first kappa shape index (κ1) is 30.2. The highest BCUT2D eigenvalue weighted by Crippen LogP contribution is 2.15. The van der Waals surface area contributed by atoms with E-state index in [0.29, 0.717) is 79.3 Å². The molecule has 0 saturated carbocycles. The van der Waals surface area contributed by atoms with E-state index in [9.17, 15) is 4.79 Å². The summed E-state index contributed by atoms with van der Waals surface area (Å²) >= 11 is 0. The van der Waals surface area contributed by atoms with Gasteiger partial charge in [0.05, 0.1) is 79.3 Å². The molecule has 0 aliphatic rings. The van der Waals surface area contributed by atoms with Gasteiger partial charge in [-0.15, -0.1) is 0 Å². The lowest BCUT2D eigenvalue weighted by molar-refractivity contribution is -0.114. The molecule has 0 radical (unpaired) electrons. The van der Waals surface area contributed by atoms with Gasteiger partial charge in [0, 0.05) is 19.2 Å². The number of rotatable bonds is 23. The van der Waals surface area contributed by atoms with Crippen LogP contribution in [0.4, 0.5) is 5.69 Å². The zero-order valence-corrected chi connectivity index (χ0v) is 20.9. The van der Waals surface area contributed by atoms with Gasteiger partial charge in [0.15, 0.2) is 0 Å². The Morgan fingerprint density at radius 3 is 1.41 bits per heavy atom. The summed E-state index contributed by atoms with van der Waals surface area (Å²) in [5, 5.41) is 2.71. The summed E-state index contributed by atoms with van der Waals surface area (Å²) in [7, 11) is 4.04. The molecule has 0 atom stereocenters. The van der Waals surface area contributed by atoms with Gasteiger partial charge < -0.3 is 43.4 Å². The van der Waals surface area contributed by atoms with E-state index in [1.54, 1.807) is 24.3 Å². The van der Waals surface area contributed by atoms with Crippen LogP contribution in [0.2, 0.25) is 0 Å². The van der Waals surface area contributed by atoms with Gasteiger partial charge in [-0.05, 0) is 38.4 Å². The van der Waals surface area contributed by atoms with Gasteiger partial charge in [-0.1, -0.05) is 0 Å². The maximum atomic E-state index is 11.0. The average molecular weight is 487 g/mol. The number of nitrogens with one attached hydrogen (secondary N) is 1. The minimum atomic E-state index is -0.102. The van der Waals surface area contributed by atoms with Gasteiger partial charge >= 0.3 is 0 Å². The first-order chi connectivity index (χ1) is 16.6. The smallest absolute Gasteiger partial charge is 0.221 e. The molecule has 0 spiro atoms. The van der Waals surface area contributed by atoms with Crippen molar-refractivity contribution in [2.75, 3.05) is 112 Å². The minimum absolute atomic E-state index is 0.102. The molecule has 0 unspecified atom stereocenters. The van der Waals surface area contributed by atoms with Crippen molar-refractivity contribution in [3.05, 3.63) is 24.3 Å². The second-order valence-electron chi connectivity index (χ2n) is 7.53. The van der Waals surface area contributed by atoms with Gasteiger partial charge in [0.25, 0.3) is 0 Å². The van der Waals surface area contributed by atoms with E-state index >= 15 is 0 Å². The van der Waals surface area contributed by atoms with Crippen LogP contribution in [0.5, 0.6) is 5.75 Å². The molecular formula is C24H42N2O8. The lowest BCUT2D eigenvalue weighted by Gasteiger charge is -2.10. The highest BCUT2D eigenvalue weighted by atomic mass is 16.6. The second kappa shape index (κ2) is 21.7. The predicted octanol–water partition coefficient (Wildman–Crippen LogP) is 1.69. The van der Waals surface area contributed by atoms with E-state index in [0.717, 1.165) is 24.6 Å². The second-order valence-corrected chi connectivity index (χ2v) is 7.53. The Kier molecular flexibility index (Phi) is 19.3. The fourth-order valence-corrected chi connectivity index (χ4v) is 2.50. The standard InChI is InChI=1S/C24H42N2O8/c1-22(27)25-23-4-6-24(7-5-23)34-21-20-33-19-18-32-17-16-31-15-14-30-13-12-29-11-10-28-9-8-26(2)3/h4-7H,8-21H2,1-3H3,(H,25,27). The Hall–Kier alpha value is -1.79. The van der Waals surface area contributed by atoms with Gasteiger partial charge in [-0.2, -0.15) is 0 Å². The van der Waals surface area contributed by atoms with E-state index < -0.39 is 0 Å². The molecule has 1 aromatic carbocycles. The molecule has 0 bridgehead atoms. The van der Waals surface area contributed by atoms with Crippen LogP contribution in [-0.4, -0.2) is 117 Å². The summed E-state index contributed by atoms with van der Waals surface area (Å²) in [5.41, 5.74) is 0.739. The van der Waals surface area contributed by atoms with Gasteiger partial charge in [-0.3, -0.25) is 4.79 Å². The third-order valence-corrected chi connectivity index (χ3v) is 4.21. The Labute approximate surface area is 203 Å². The Balaban J connectivity index is 1.74. The number of benzene rings is 1. The lowest BCUT2D eigenvalue weighted by atomic mass is 10.3. The number of likely N-dealkylation sites (N-methyl/N-ethyl adjacent to an activating group) is 1. The SMILES string of the molecule is CC(=O)Nc1ccc(OCCOCCOCCOCCOCCOCCOCCN(C)C)cc1. The highest BCUT2D eigenvalue weighted by Gasteiger charge is 1.98. The predicted molar refractivity (Wildman–Crippen MR) is 130 cm³/mol. The van der Waals surface area contributed by atoms with Crippen molar-refractivity contribution in [1.82, 2.24) is 4.90 Å². The van der Waals surface area contributed by atoms with Crippen LogP contribution < -0.4 is 10.1 Å². The van der Waals surface area contributed by atoms with Crippen molar-refractivity contribution >= 4 is 11.6 Å². The third-order valence-electron chi connectivity index (χ3n) is 4.21. The summed E-state index contributed by atoms with van der Waals surface area (Å²) < 4.78 is 38.3. The maximum absolute atomic E-state index is 11.0. The van der Waals surface area contributed by atoms with Crippen molar-refractivity contribution < 1.29 is 38.0 Å². The monoisotopic (exact) mass is 486 g/mol. The van der Waals surface area contributed by atoms with Crippen LogP contribution in [0.3, 0.4) is 0 Å². The van der Waals surface area contributed by atoms with E-state index in [4.69, 9.17) is 33.2 Å².